The summed E-state index contributed by atoms with van der Waals surface area (Å²) in [4.78, 5) is 5.79. The van der Waals surface area contributed by atoms with Crippen molar-refractivity contribution in [2.24, 2.45) is 0 Å². The molecule has 0 aliphatic carbocycles. The number of rotatable bonds is 6. The van der Waals surface area contributed by atoms with Gasteiger partial charge >= 0.3 is 0 Å². The van der Waals surface area contributed by atoms with Crippen molar-refractivity contribution in [1.82, 2.24) is 9.88 Å². The minimum Gasteiger partial charge on any atom is -0.477 e. The number of nitrogens with zero attached hydrogens (tertiary/aromatic N) is 2. The van der Waals surface area contributed by atoms with Crippen LogP contribution in [0.2, 0.25) is 0 Å². The Kier molecular flexibility index (Phi) is 5.17. The van der Waals surface area contributed by atoms with Crippen LogP contribution in [0.25, 0.3) is 0 Å². The predicted octanol–water partition coefficient (Wildman–Crippen LogP) is 1.34. The molecule has 0 amide bonds. The smallest absolute Gasteiger partial charge is 0.266 e. The summed E-state index contributed by atoms with van der Waals surface area (Å²) < 4.78 is 27.8. The first-order valence-corrected chi connectivity index (χ1v) is 7.39. The van der Waals surface area contributed by atoms with Crippen molar-refractivity contribution >= 4 is 19.7 Å². The normalized spacial score (nSPS) is 11.8. The van der Waals surface area contributed by atoms with Crippen molar-refractivity contribution < 1.29 is 13.2 Å². The fraction of sp³-hybridized carbons (Fsp3) is 0.500. The van der Waals surface area contributed by atoms with Gasteiger partial charge in [-0.05, 0) is 32.6 Å². The molecular formula is C10H15ClN2O3S. The van der Waals surface area contributed by atoms with Gasteiger partial charge in [-0.1, -0.05) is 0 Å². The zero-order valence-corrected chi connectivity index (χ0v) is 11.3. The molecule has 0 aliphatic heterocycles. The maximum absolute atomic E-state index is 11.2. The molecule has 1 aromatic rings. The zero-order valence-electron chi connectivity index (χ0n) is 9.76. The second-order valence-electron chi connectivity index (χ2n) is 3.75. The average molecular weight is 279 g/mol. The summed E-state index contributed by atoms with van der Waals surface area (Å²) in [5.41, 5.74) is 0. The molecule has 0 atom stereocenters. The second-order valence-corrected chi connectivity index (χ2v) is 6.28. The van der Waals surface area contributed by atoms with Crippen LogP contribution < -0.4 is 4.74 Å². The lowest BCUT2D eigenvalue weighted by atomic mass is 10.4. The summed E-state index contributed by atoms with van der Waals surface area (Å²) in [6.45, 7) is 1.25. The molecule has 7 heteroatoms. The van der Waals surface area contributed by atoms with Gasteiger partial charge in [-0.25, -0.2) is 13.4 Å². The molecule has 1 aromatic heterocycles. The van der Waals surface area contributed by atoms with Crippen LogP contribution in [0.3, 0.4) is 0 Å². The standard InChI is InChI=1S/C10H15ClN2O3S/c1-13(2)7-4-8-16-10-9(17(11,14)15)5-3-6-12-10/h3,5-6H,4,7-8H2,1-2H3. The first kappa shape index (κ1) is 14.2. The van der Waals surface area contributed by atoms with Crippen molar-refractivity contribution in [2.75, 3.05) is 27.2 Å². The van der Waals surface area contributed by atoms with Crippen LogP contribution in [0.15, 0.2) is 23.2 Å². The molecule has 0 unspecified atom stereocenters. The lowest BCUT2D eigenvalue weighted by Crippen LogP contribution is -2.16. The van der Waals surface area contributed by atoms with Crippen molar-refractivity contribution in [1.29, 1.82) is 0 Å². The van der Waals surface area contributed by atoms with Gasteiger partial charge in [-0.2, -0.15) is 0 Å². The molecule has 0 saturated carbocycles. The molecule has 96 valence electrons. The maximum atomic E-state index is 11.2. The monoisotopic (exact) mass is 278 g/mol. The van der Waals surface area contributed by atoms with E-state index in [4.69, 9.17) is 15.4 Å². The van der Waals surface area contributed by atoms with Crippen LogP contribution in [0, 0.1) is 0 Å². The molecule has 0 fully saturated rings. The van der Waals surface area contributed by atoms with E-state index in [-0.39, 0.29) is 10.8 Å². The lowest BCUT2D eigenvalue weighted by Gasteiger charge is -2.10. The molecule has 0 aliphatic rings. The van der Waals surface area contributed by atoms with E-state index < -0.39 is 9.05 Å². The van der Waals surface area contributed by atoms with Gasteiger partial charge in [0, 0.05) is 23.4 Å². The van der Waals surface area contributed by atoms with E-state index >= 15 is 0 Å². The highest BCUT2D eigenvalue weighted by Gasteiger charge is 2.17. The topological polar surface area (TPSA) is 59.5 Å². The molecule has 0 spiro atoms. The van der Waals surface area contributed by atoms with Crippen LogP contribution in [0.4, 0.5) is 0 Å². The molecule has 0 radical (unpaired) electrons. The summed E-state index contributed by atoms with van der Waals surface area (Å²) in [6.07, 6.45) is 2.25. The first-order valence-electron chi connectivity index (χ1n) is 5.08. The van der Waals surface area contributed by atoms with Crippen LogP contribution in [-0.4, -0.2) is 45.5 Å². The quantitative estimate of drug-likeness (QED) is 0.580. The van der Waals surface area contributed by atoms with Gasteiger partial charge in [0.25, 0.3) is 9.05 Å². The van der Waals surface area contributed by atoms with E-state index in [1.165, 1.54) is 18.3 Å². The number of aromatic nitrogens is 1. The zero-order chi connectivity index (χ0) is 12.9. The third-order valence-electron chi connectivity index (χ3n) is 1.99. The average Bonchev–Trinajstić information content (AvgIpc) is 2.23. The Morgan fingerprint density at radius 1 is 1.47 bits per heavy atom. The molecular weight excluding hydrogens is 264 g/mol. The van der Waals surface area contributed by atoms with Gasteiger partial charge in [0.2, 0.25) is 5.88 Å². The highest BCUT2D eigenvalue weighted by Crippen LogP contribution is 2.23. The van der Waals surface area contributed by atoms with Crippen molar-refractivity contribution in [3.8, 4) is 5.88 Å². The van der Waals surface area contributed by atoms with Crippen molar-refractivity contribution in [3.05, 3.63) is 18.3 Å². The fourth-order valence-electron chi connectivity index (χ4n) is 1.22. The van der Waals surface area contributed by atoms with Crippen LogP contribution in [-0.2, 0) is 9.05 Å². The molecule has 1 heterocycles. The lowest BCUT2D eigenvalue weighted by molar-refractivity contribution is 0.267. The maximum Gasteiger partial charge on any atom is 0.266 e. The number of ether oxygens (including phenoxy) is 1. The third kappa shape index (κ3) is 4.89. The number of hydrogen-bond donors (Lipinski definition) is 0. The minimum atomic E-state index is -3.81. The van der Waals surface area contributed by atoms with Gasteiger partial charge in [-0.3, -0.25) is 0 Å². The summed E-state index contributed by atoms with van der Waals surface area (Å²) in [6, 6.07) is 2.87. The molecule has 0 aromatic carbocycles. The van der Waals surface area contributed by atoms with E-state index in [0.29, 0.717) is 6.61 Å². The van der Waals surface area contributed by atoms with E-state index in [0.717, 1.165) is 13.0 Å². The van der Waals surface area contributed by atoms with Gasteiger partial charge in [-0.15, -0.1) is 0 Å². The first-order chi connectivity index (χ1) is 7.91. The summed E-state index contributed by atoms with van der Waals surface area (Å²) in [7, 11) is 5.37. The van der Waals surface area contributed by atoms with Gasteiger partial charge < -0.3 is 9.64 Å². The summed E-state index contributed by atoms with van der Waals surface area (Å²) in [5.74, 6) is 0.0567. The predicted molar refractivity (Wildman–Crippen MR) is 65.9 cm³/mol. The van der Waals surface area contributed by atoms with E-state index in [1.807, 2.05) is 19.0 Å². The van der Waals surface area contributed by atoms with Crippen LogP contribution in [0.1, 0.15) is 6.42 Å². The Hall–Kier alpha value is -0.850. The highest BCUT2D eigenvalue weighted by atomic mass is 35.7. The Balaban J connectivity index is 2.65. The Morgan fingerprint density at radius 2 is 2.18 bits per heavy atom. The number of hydrogen-bond acceptors (Lipinski definition) is 5. The van der Waals surface area contributed by atoms with Gasteiger partial charge in [0.1, 0.15) is 4.90 Å². The molecule has 0 bridgehead atoms. The molecule has 1 rings (SSSR count). The largest absolute Gasteiger partial charge is 0.477 e. The van der Waals surface area contributed by atoms with Crippen LogP contribution in [0.5, 0.6) is 5.88 Å². The molecule has 0 N–H and O–H groups in total. The van der Waals surface area contributed by atoms with Crippen LogP contribution >= 0.6 is 10.7 Å². The Morgan fingerprint density at radius 3 is 2.76 bits per heavy atom. The number of halogens is 1. The summed E-state index contributed by atoms with van der Waals surface area (Å²) in [5, 5.41) is 0. The minimum absolute atomic E-state index is 0.0567. The molecule has 17 heavy (non-hydrogen) atoms. The highest BCUT2D eigenvalue weighted by molar-refractivity contribution is 8.13. The van der Waals surface area contributed by atoms with E-state index in [9.17, 15) is 8.42 Å². The third-order valence-corrected chi connectivity index (χ3v) is 3.32. The molecule has 5 nitrogen and oxygen atoms in total. The van der Waals surface area contributed by atoms with Gasteiger partial charge in [0.05, 0.1) is 6.61 Å². The SMILES string of the molecule is CN(C)CCCOc1ncccc1S(=O)(=O)Cl. The van der Waals surface area contributed by atoms with Crippen molar-refractivity contribution in [2.45, 2.75) is 11.3 Å². The fourth-order valence-corrected chi connectivity index (χ4v) is 2.13. The Bertz CT molecular complexity index is 462. The summed E-state index contributed by atoms with van der Waals surface area (Å²) >= 11 is 0. The van der Waals surface area contributed by atoms with Crippen molar-refractivity contribution in [3.63, 3.8) is 0 Å². The van der Waals surface area contributed by atoms with Gasteiger partial charge in [0.15, 0.2) is 0 Å². The van der Waals surface area contributed by atoms with E-state index in [1.54, 1.807) is 0 Å². The molecule has 0 saturated heterocycles. The number of pyridine rings is 1. The Labute approximate surface area is 106 Å². The van der Waals surface area contributed by atoms with E-state index in [2.05, 4.69) is 4.98 Å². The second kappa shape index (κ2) is 6.18.